The zero-order valence-electron chi connectivity index (χ0n) is 17.6. The molecule has 0 atom stereocenters. The lowest BCUT2D eigenvalue weighted by molar-refractivity contribution is -0.121. The molecule has 4 rings (SSSR count). The smallest absolute Gasteiger partial charge is 0.273 e. The van der Waals surface area contributed by atoms with Gasteiger partial charge in [0.2, 0.25) is 15.9 Å². The number of carbonyl (C=O) groups is 1. The van der Waals surface area contributed by atoms with E-state index >= 15 is 0 Å². The fraction of sp³-hybridized carbons (Fsp3) is 0.381. The van der Waals surface area contributed by atoms with Gasteiger partial charge in [0.05, 0.1) is 10.3 Å². The summed E-state index contributed by atoms with van der Waals surface area (Å²) in [5, 5.41) is 2.25. The van der Waals surface area contributed by atoms with Gasteiger partial charge >= 0.3 is 0 Å². The average molecular weight is 461 g/mol. The molecule has 10 heteroatoms. The lowest BCUT2D eigenvalue weighted by atomic mass is 9.98. The molecular weight excluding hydrogens is 436 g/mol. The number of piperidine rings is 1. The number of nitrogens with one attached hydrogen (secondary N) is 1. The number of aryl methyl sites for hydroxylation is 3. The van der Waals surface area contributed by atoms with Gasteiger partial charge in [0.1, 0.15) is 10.7 Å². The normalized spacial score (nSPS) is 16.0. The van der Waals surface area contributed by atoms with E-state index in [0.717, 1.165) is 11.1 Å². The van der Waals surface area contributed by atoms with E-state index in [1.165, 1.54) is 20.3 Å². The molecule has 8 nitrogen and oxygen atoms in total. The van der Waals surface area contributed by atoms with Crippen molar-refractivity contribution in [2.75, 3.05) is 18.5 Å². The van der Waals surface area contributed by atoms with Crippen LogP contribution in [0.15, 0.2) is 39.3 Å². The van der Waals surface area contributed by atoms with E-state index in [2.05, 4.69) is 10.4 Å². The molecular formula is C21H24N4O4S2. The Kier molecular flexibility index (Phi) is 5.71. The maximum Gasteiger partial charge on any atom is 0.281 e. The highest BCUT2D eigenvalue weighted by Gasteiger charge is 2.32. The quantitative estimate of drug-likeness (QED) is 0.645. The van der Waals surface area contributed by atoms with Crippen LogP contribution in [0.1, 0.15) is 29.8 Å². The number of sulfonamides is 1. The van der Waals surface area contributed by atoms with Gasteiger partial charge in [-0.05, 0) is 68.3 Å². The van der Waals surface area contributed by atoms with Crippen LogP contribution in [-0.4, -0.2) is 41.4 Å². The summed E-state index contributed by atoms with van der Waals surface area (Å²) >= 11 is 1.37. The van der Waals surface area contributed by atoms with Crippen LogP contribution in [0.2, 0.25) is 0 Å². The molecule has 0 bridgehead atoms. The molecule has 1 aromatic carbocycles. The highest BCUT2D eigenvalue weighted by molar-refractivity contribution is 7.89. The van der Waals surface area contributed by atoms with Crippen LogP contribution in [0.25, 0.3) is 10.2 Å². The fourth-order valence-corrected chi connectivity index (χ4v) is 6.09. The number of nitrogens with zero attached hydrogens (tertiary/aromatic N) is 3. The molecule has 0 saturated carbocycles. The highest BCUT2D eigenvalue weighted by Crippen LogP contribution is 2.25. The number of hydrogen-bond acceptors (Lipinski definition) is 6. The summed E-state index contributed by atoms with van der Waals surface area (Å²) in [7, 11) is -3.60. The van der Waals surface area contributed by atoms with Crippen LogP contribution >= 0.6 is 11.3 Å². The van der Waals surface area contributed by atoms with Gasteiger partial charge in [0.25, 0.3) is 5.56 Å². The minimum atomic E-state index is -3.60. The van der Waals surface area contributed by atoms with Gasteiger partial charge in [-0.2, -0.15) is 4.31 Å². The van der Waals surface area contributed by atoms with E-state index in [1.807, 2.05) is 13.8 Å². The van der Waals surface area contributed by atoms with Gasteiger partial charge in [-0.25, -0.2) is 18.1 Å². The van der Waals surface area contributed by atoms with E-state index in [1.54, 1.807) is 36.6 Å². The fourth-order valence-electron chi connectivity index (χ4n) is 3.73. The van der Waals surface area contributed by atoms with E-state index in [0.29, 0.717) is 28.9 Å². The Hall–Kier alpha value is -2.56. The summed E-state index contributed by atoms with van der Waals surface area (Å²) in [5.41, 5.74) is 4.32. The molecule has 31 heavy (non-hydrogen) atoms. The lowest BCUT2D eigenvalue weighted by Gasteiger charge is -2.30. The minimum absolute atomic E-state index is 0.253. The molecule has 1 saturated heterocycles. The first kappa shape index (κ1) is 21.7. The molecule has 0 unspecified atom stereocenters. The van der Waals surface area contributed by atoms with Crippen LogP contribution in [-0.2, 0) is 14.8 Å². The van der Waals surface area contributed by atoms with Gasteiger partial charge < -0.3 is 0 Å². The lowest BCUT2D eigenvalue weighted by Crippen LogP contribution is -2.44. The van der Waals surface area contributed by atoms with Crippen molar-refractivity contribution in [3.05, 3.63) is 57.0 Å². The predicted octanol–water partition coefficient (Wildman–Crippen LogP) is 2.55. The Labute approximate surface area is 184 Å². The van der Waals surface area contributed by atoms with Crippen LogP contribution < -0.4 is 11.0 Å². The summed E-state index contributed by atoms with van der Waals surface area (Å²) in [6.07, 6.45) is 0.773. The number of fused-ring (bicyclic) bond motifs is 1. The predicted molar refractivity (Wildman–Crippen MR) is 120 cm³/mol. The number of hydrogen-bond donors (Lipinski definition) is 1. The molecule has 1 aliphatic heterocycles. The largest absolute Gasteiger partial charge is 0.281 e. The third-order valence-corrected chi connectivity index (χ3v) is 8.53. The summed E-state index contributed by atoms with van der Waals surface area (Å²) in [6.45, 7) is 6.00. The van der Waals surface area contributed by atoms with Crippen molar-refractivity contribution in [3.8, 4) is 0 Å². The molecule has 1 N–H and O–H groups in total. The summed E-state index contributed by atoms with van der Waals surface area (Å²) in [6, 6.07) is 6.81. The number of rotatable bonds is 4. The van der Waals surface area contributed by atoms with Gasteiger partial charge in [-0.3, -0.25) is 15.0 Å². The second kappa shape index (κ2) is 8.18. The SMILES string of the molecule is Cc1ccc(S(=O)(=O)N2CCC(C(=O)Nn3c(C)nc4sccc4c3=O)CC2)cc1C. The van der Waals surface area contributed by atoms with E-state index in [9.17, 15) is 18.0 Å². The number of thiophene rings is 1. The molecule has 3 heterocycles. The zero-order chi connectivity index (χ0) is 22.3. The summed E-state index contributed by atoms with van der Waals surface area (Å²) in [4.78, 5) is 30.7. The molecule has 2 aromatic heterocycles. The van der Waals surface area contributed by atoms with Crippen molar-refractivity contribution in [1.29, 1.82) is 0 Å². The Morgan fingerprint density at radius 3 is 2.52 bits per heavy atom. The van der Waals surface area contributed by atoms with Crippen molar-refractivity contribution in [1.82, 2.24) is 14.0 Å². The standard InChI is InChI=1S/C21H24N4O4S2/c1-13-4-5-17(12-14(13)2)31(28,29)24-9-6-16(7-10-24)19(26)23-25-15(3)22-20-18(21(25)27)8-11-30-20/h4-5,8,11-12,16H,6-7,9-10H2,1-3H3,(H,23,26). The molecule has 0 spiro atoms. The molecule has 1 amide bonds. The maximum atomic E-state index is 13.0. The number of aromatic nitrogens is 2. The Morgan fingerprint density at radius 2 is 1.84 bits per heavy atom. The van der Waals surface area contributed by atoms with E-state index < -0.39 is 10.0 Å². The second-order valence-electron chi connectivity index (χ2n) is 7.84. The third kappa shape index (κ3) is 4.02. The van der Waals surface area contributed by atoms with Crippen molar-refractivity contribution in [2.45, 2.75) is 38.5 Å². The first-order valence-electron chi connectivity index (χ1n) is 10.0. The van der Waals surface area contributed by atoms with Gasteiger partial charge in [-0.1, -0.05) is 6.07 Å². The summed E-state index contributed by atoms with van der Waals surface area (Å²) < 4.78 is 28.6. The Bertz CT molecular complexity index is 1320. The van der Waals surface area contributed by atoms with Crippen molar-refractivity contribution >= 4 is 37.5 Å². The Morgan fingerprint density at radius 1 is 1.13 bits per heavy atom. The van der Waals surface area contributed by atoms with E-state index in [-0.39, 0.29) is 35.4 Å². The first-order chi connectivity index (χ1) is 14.7. The molecule has 0 radical (unpaired) electrons. The molecule has 164 valence electrons. The number of carbonyl (C=O) groups excluding carboxylic acids is 1. The van der Waals surface area contributed by atoms with Gasteiger partial charge in [0, 0.05) is 19.0 Å². The van der Waals surface area contributed by atoms with Crippen molar-refractivity contribution in [2.24, 2.45) is 5.92 Å². The van der Waals surface area contributed by atoms with Crippen LogP contribution in [0, 0.1) is 26.7 Å². The Balaban J connectivity index is 1.46. The summed E-state index contributed by atoms with van der Waals surface area (Å²) in [5.74, 6) is -0.275. The molecule has 3 aromatic rings. The van der Waals surface area contributed by atoms with Gasteiger partial charge in [-0.15, -0.1) is 11.3 Å². The van der Waals surface area contributed by atoms with Crippen molar-refractivity contribution < 1.29 is 13.2 Å². The van der Waals surface area contributed by atoms with E-state index in [4.69, 9.17) is 0 Å². The molecule has 0 aliphatic carbocycles. The average Bonchev–Trinajstić information content (AvgIpc) is 3.21. The second-order valence-corrected chi connectivity index (χ2v) is 10.7. The highest BCUT2D eigenvalue weighted by atomic mass is 32.2. The topological polar surface area (TPSA) is 101 Å². The maximum absolute atomic E-state index is 13.0. The first-order valence-corrected chi connectivity index (χ1v) is 12.4. The van der Waals surface area contributed by atoms with Crippen LogP contribution in [0.5, 0.6) is 0 Å². The number of benzene rings is 1. The third-order valence-electron chi connectivity index (χ3n) is 5.83. The van der Waals surface area contributed by atoms with Crippen molar-refractivity contribution in [3.63, 3.8) is 0 Å². The molecule has 1 aliphatic rings. The van der Waals surface area contributed by atoms with Crippen LogP contribution in [0.4, 0.5) is 0 Å². The van der Waals surface area contributed by atoms with Crippen LogP contribution in [0.3, 0.4) is 0 Å². The zero-order valence-corrected chi connectivity index (χ0v) is 19.2. The minimum Gasteiger partial charge on any atom is -0.273 e. The van der Waals surface area contributed by atoms with Gasteiger partial charge in [0.15, 0.2) is 0 Å². The molecule has 1 fully saturated rings. The number of amides is 1. The monoisotopic (exact) mass is 460 g/mol.